The van der Waals surface area contributed by atoms with E-state index in [1.165, 1.54) is 11.6 Å². The highest BCUT2D eigenvalue weighted by molar-refractivity contribution is 7.98. The van der Waals surface area contributed by atoms with Crippen LogP contribution in [0.3, 0.4) is 0 Å². The third kappa shape index (κ3) is 4.23. The maximum atomic E-state index is 13.8. The Morgan fingerprint density at radius 2 is 2.00 bits per heavy atom. The number of aromatic nitrogens is 4. The van der Waals surface area contributed by atoms with Gasteiger partial charge in [-0.1, -0.05) is 29.4 Å². The van der Waals surface area contributed by atoms with Gasteiger partial charge in [-0.15, -0.1) is 11.3 Å². The summed E-state index contributed by atoms with van der Waals surface area (Å²) in [6, 6.07) is 3.85. The van der Waals surface area contributed by atoms with E-state index in [9.17, 15) is 27.2 Å². The van der Waals surface area contributed by atoms with Crippen molar-refractivity contribution in [2.75, 3.05) is 0 Å². The molecule has 0 spiro atoms. The number of benzene rings is 1. The first-order chi connectivity index (χ1) is 14.6. The van der Waals surface area contributed by atoms with Crippen LogP contribution in [-0.2, 0) is 11.9 Å². The Bertz CT molecular complexity index is 1410. The molecule has 0 unspecified atom stereocenters. The van der Waals surface area contributed by atoms with Gasteiger partial charge in [0.05, 0.1) is 16.8 Å². The smallest absolute Gasteiger partial charge is 0.324 e. The molecule has 0 radical (unpaired) electrons. The van der Waals surface area contributed by atoms with Gasteiger partial charge in [0.25, 0.3) is 11.1 Å². The van der Waals surface area contributed by atoms with E-state index in [1.54, 1.807) is 0 Å². The number of halogens is 5. The summed E-state index contributed by atoms with van der Waals surface area (Å²) in [5, 5.41) is 0.00635. The molecular weight excluding hydrogens is 480 g/mol. The Morgan fingerprint density at radius 3 is 2.68 bits per heavy atom. The lowest BCUT2D eigenvalue weighted by Crippen LogP contribution is -2.23. The molecule has 3 heterocycles. The van der Waals surface area contributed by atoms with Crippen LogP contribution in [0.4, 0.5) is 17.6 Å². The van der Waals surface area contributed by atoms with Crippen molar-refractivity contribution in [1.29, 1.82) is 0 Å². The third-order valence-electron chi connectivity index (χ3n) is 4.18. The maximum absolute atomic E-state index is 13.8. The van der Waals surface area contributed by atoms with E-state index in [0.717, 1.165) is 52.1 Å². The van der Waals surface area contributed by atoms with E-state index in [-0.39, 0.29) is 32.0 Å². The molecule has 0 saturated carbocycles. The fourth-order valence-electron chi connectivity index (χ4n) is 2.68. The van der Waals surface area contributed by atoms with Crippen LogP contribution in [0.25, 0.3) is 16.0 Å². The Hall–Kier alpha value is -2.70. The number of hydrogen-bond donors (Lipinski definition) is 1. The molecule has 31 heavy (non-hydrogen) atoms. The van der Waals surface area contributed by atoms with Crippen LogP contribution in [0, 0.1) is 5.82 Å². The summed E-state index contributed by atoms with van der Waals surface area (Å²) in [6.45, 7) is 0. The van der Waals surface area contributed by atoms with Gasteiger partial charge in [0, 0.05) is 23.0 Å². The number of aromatic amines is 1. The molecule has 0 aliphatic heterocycles. The van der Waals surface area contributed by atoms with Crippen molar-refractivity contribution in [2.45, 2.75) is 17.1 Å². The zero-order valence-electron chi connectivity index (χ0n) is 15.0. The summed E-state index contributed by atoms with van der Waals surface area (Å²) in [5.74, 6) is -1.01. The molecule has 0 fully saturated rings. The lowest BCUT2D eigenvalue weighted by Gasteiger charge is -2.13. The molecule has 1 N–H and O–H groups in total. The zero-order valence-corrected chi connectivity index (χ0v) is 17.4. The molecule has 6 nitrogen and oxygen atoms in total. The highest BCUT2D eigenvalue weighted by Crippen LogP contribution is 2.34. The molecule has 0 aliphatic carbocycles. The van der Waals surface area contributed by atoms with Crippen LogP contribution < -0.4 is 11.1 Å². The van der Waals surface area contributed by atoms with E-state index in [4.69, 9.17) is 11.6 Å². The number of rotatable bonds is 4. The first-order valence-electron chi connectivity index (χ1n) is 8.38. The van der Waals surface area contributed by atoms with E-state index < -0.39 is 28.7 Å². The monoisotopic (exact) mass is 488 g/mol. The number of pyridine rings is 1. The minimum Gasteiger partial charge on any atom is -0.324 e. The summed E-state index contributed by atoms with van der Waals surface area (Å²) in [4.78, 5) is 34.8. The van der Waals surface area contributed by atoms with Crippen LogP contribution in [-0.4, -0.2) is 19.5 Å². The van der Waals surface area contributed by atoms with Gasteiger partial charge in [0.2, 0.25) is 0 Å². The van der Waals surface area contributed by atoms with Gasteiger partial charge in [0.1, 0.15) is 4.70 Å². The molecule has 0 aliphatic rings. The Kier molecular flexibility index (Phi) is 5.62. The average molecular weight is 489 g/mol. The molecule has 1 aromatic carbocycles. The molecule has 13 heteroatoms. The van der Waals surface area contributed by atoms with Crippen molar-refractivity contribution >= 4 is 45.0 Å². The fraction of sp³-hybridized carbons (Fsp3) is 0.111. The fourth-order valence-corrected chi connectivity index (χ4v) is 4.66. The van der Waals surface area contributed by atoms with E-state index in [2.05, 4.69) is 15.0 Å². The van der Waals surface area contributed by atoms with E-state index in [1.807, 2.05) is 0 Å². The van der Waals surface area contributed by atoms with E-state index in [0.29, 0.717) is 5.56 Å². The number of nitrogens with zero attached hydrogens (tertiary/aromatic N) is 3. The summed E-state index contributed by atoms with van der Waals surface area (Å²) in [7, 11) is 0. The van der Waals surface area contributed by atoms with Crippen molar-refractivity contribution in [3.63, 3.8) is 0 Å². The normalized spacial score (nSPS) is 11.9. The van der Waals surface area contributed by atoms with Gasteiger partial charge in [-0.2, -0.15) is 13.2 Å². The number of H-pyrrole nitrogens is 1. The zero-order chi connectivity index (χ0) is 22.3. The second-order valence-corrected chi connectivity index (χ2v) is 8.37. The lowest BCUT2D eigenvalue weighted by molar-refractivity contribution is -0.137. The molecule has 3 aromatic heterocycles. The number of thiazole rings is 1. The average Bonchev–Trinajstić information content (AvgIpc) is 3.17. The lowest BCUT2D eigenvalue weighted by atomic mass is 10.1. The molecule has 0 amide bonds. The number of alkyl halides is 3. The molecule has 0 bridgehead atoms. The van der Waals surface area contributed by atoms with Crippen LogP contribution in [0.2, 0.25) is 5.02 Å². The van der Waals surface area contributed by atoms with Crippen molar-refractivity contribution in [2.24, 2.45) is 0 Å². The van der Waals surface area contributed by atoms with Gasteiger partial charge < -0.3 is 4.98 Å². The van der Waals surface area contributed by atoms with Crippen LogP contribution in [0.5, 0.6) is 0 Å². The van der Waals surface area contributed by atoms with E-state index >= 15 is 0 Å². The third-order valence-corrected chi connectivity index (χ3v) is 6.32. The second kappa shape index (κ2) is 8.09. The molecule has 4 rings (SSSR count). The highest BCUT2D eigenvalue weighted by Gasteiger charge is 2.31. The van der Waals surface area contributed by atoms with Crippen molar-refractivity contribution < 1.29 is 17.6 Å². The topological polar surface area (TPSA) is 80.6 Å². The van der Waals surface area contributed by atoms with Gasteiger partial charge in [0.15, 0.2) is 16.6 Å². The Morgan fingerprint density at radius 1 is 1.23 bits per heavy atom. The number of fused-ring (bicyclic) bond motifs is 1. The van der Waals surface area contributed by atoms with Gasteiger partial charge in [-0.25, -0.2) is 14.4 Å². The van der Waals surface area contributed by atoms with Crippen LogP contribution in [0.15, 0.2) is 50.7 Å². The van der Waals surface area contributed by atoms with Crippen molar-refractivity contribution in [3.8, 4) is 5.69 Å². The molecule has 0 atom stereocenters. The van der Waals surface area contributed by atoms with Crippen LogP contribution >= 0.6 is 34.7 Å². The van der Waals surface area contributed by atoms with Crippen molar-refractivity contribution in [1.82, 2.24) is 19.5 Å². The predicted molar refractivity (Wildman–Crippen MR) is 110 cm³/mol. The summed E-state index contributed by atoms with van der Waals surface area (Å²) in [5.41, 5.74) is -0.337. The minimum atomic E-state index is -4.53. The maximum Gasteiger partial charge on any atom is 0.416 e. The SMILES string of the molecule is O=c1[nH]cc(-n2c(SCc3ccc(C(F)(F)F)cc3Cl)nc3ncsc3c2=O)cc1F. The molecule has 4 aromatic rings. The number of nitrogens with one attached hydrogen (secondary N) is 1. The van der Waals surface area contributed by atoms with Crippen LogP contribution in [0.1, 0.15) is 11.1 Å². The largest absolute Gasteiger partial charge is 0.416 e. The van der Waals surface area contributed by atoms with Gasteiger partial charge in [-0.3, -0.25) is 14.2 Å². The standard InChI is InChI=1S/C18H9ClF4N4O2S2/c19-11-3-9(18(21,22)23)2-1-8(11)6-30-17-26-14-13(31-7-25-14)16(29)27(17)10-4-12(20)15(28)24-5-10/h1-5,7H,6H2,(H,24,28). The van der Waals surface area contributed by atoms with Gasteiger partial charge in [-0.05, 0) is 17.7 Å². The molecule has 0 saturated heterocycles. The molecular formula is C18H9ClF4N4O2S2. The van der Waals surface area contributed by atoms with Gasteiger partial charge >= 0.3 is 6.18 Å². The van der Waals surface area contributed by atoms with Crippen molar-refractivity contribution in [3.05, 3.63) is 78.6 Å². The summed E-state index contributed by atoms with van der Waals surface area (Å²) >= 11 is 8.05. The number of thioether (sulfide) groups is 1. The Balaban J connectivity index is 1.76. The summed E-state index contributed by atoms with van der Waals surface area (Å²) < 4.78 is 53.7. The quantitative estimate of drug-likeness (QED) is 0.257. The summed E-state index contributed by atoms with van der Waals surface area (Å²) in [6.07, 6.45) is -3.36. The Labute approximate surface area is 183 Å². The second-order valence-electron chi connectivity index (χ2n) is 6.17. The predicted octanol–water partition coefficient (Wildman–Crippen LogP) is 4.63. The first-order valence-corrected chi connectivity index (χ1v) is 10.6. The highest BCUT2D eigenvalue weighted by atomic mass is 35.5. The first kappa shape index (κ1) is 21.5. The molecule has 160 valence electrons. The minimum absolute atomic E-state index is 0.0333. The number of hydrogen-bond acceptors (Lipinski definition) is 6.